The molecule has 0 N–H and O–H groups in total. The van der Waals surface area contributed by atoms with E-state index in [1.165, 1.54) is 11.0 Å². The van der Waals surface area contributed by atoms with Crippen molar-refractivity contribution in [2.75, 3.05) is 24.5 Å². The van der Waals surface area contributed by atoms with E-state index in [4.69, 9.17) is 0 Å². The summed E-state index contributed by atoms with van der Waals surface area (Å²) in [4.78, 5) is 28.2. The van der Waals surface area contributed by atoms with Gasteiger partial charge in [0.15, 0.2) is 0 Å². The molecule has 1 fully saturated rings. The summed E-state index contributed by atoms with van der Waals surface area (Å²) in [5.41, 5.74) is 2.07. The number of nitrogens with zero attached hydrogens (tertiary/aromatic N) is 6. The fraction of sp³-hybridized carbons (Fsp3) is 0.438. The number of aromatic nitrogens is 4. The van der Waals surface area contributed by atoms with Gasteiger partial charge in [0.2, 0.25) is 11.8 Å². The van der Waals surface area contributed by atoms with Crippen LogP contribution in [0.15, 0.2) is 30.6 Å². The highest BCUT2D eigenvalue weighted by molar-refractivity contribution is 5.94. The van der Waals surface area contributed by atoms with E-state index >= 15 is 0 Å². The Labute approximate surface area is 139 Å². The number of hydrogen-bond donors (Lipinski definition) is 0. The van der Waals surface area contributed by atoms with Crippen molar-refractivity contribution in [3.05, 3.63) is 36.2 Å². The molecule has 8 heteroatoms. The lowest BCUT2D eigenvalue weighted by Crippen LogP contribution is -2.43. The quantitative estimate of drug-likeness (QED) is 0.791. The van der Waals surface area contributed by atoms with E-state index < -0.39 is 0 Å². The van der Waals surface area contributed by atoms with Gasteiger partial charge in [-0.05, 0) is 22.1 Å². The molecule has 2 atom stereocenters. The number of carbonyl (C=O) groups is 2. The van der Waals surface area contributed by atoms with Gasteiger partial charge in [0.1, 0.15) is 12.9 Å². The molecule has 1 aromatic carbocycles. The lowest BCUT2D eigenvalue weighted by Gasteiger charge is -2.36. The van der Waals surface area contributed by atoms with Crippen LogP contribution in [0.1, 0.15) is 18.4 Å². The molecule has 2 aliphatic rings. The monoisotopic (exact) mass is 326 g/mol. The minimum absolute atomic E-state index is 0.0468. The molecule has 2 unspecified atom stereocenters. The first-order valence-electron chi connectivity index (χ1n) is 7.99. The summed E-state index contributed by atoms with van der Waals surface area (Å²) >= 11 is 0. The zero-order chi connectivity index (χ0) is 16.7. The molecule has 0 aliphatic carbocycles. The number of fused-ring (bicyclic) bond motifs is 3. The molecule has 24 heavy (non-hydrogen) atoms. The maximum absolute atomic E-state index is 12.8. The topological polar surface area (TPSA) is 84.2 Å². The summed E-state index contributed by atoms with van der Waals surface area (Å²) in [5.74, 6) is 0.603. The van der Waals surface area contributed by atoms with Crippen molar-refractivity contribution in [2.24, 2.45) is 5.92 Å². The molecular weight excluding hydrogens is 308 g/mol. The largest absolute Gasteiger partial charge is 0.342 e. The highest BCUT2D eigenvalue weighted by Gasteiger charge is 2.42. The van der Waals surface area contributed by atoms with Crippen LogP contribution in [-0.4, -0.2) is 56.6 Å². The highest BCUT2D eigenvalue weighted by Crippen LogP contribution is 2.42. The number of carbonyl (C=O) groups excluding carboxylic acids is 2. The summed E-state index contributed by atoms with van der Waals surface area (Å²) in [6.45, 7) is 3.75. The Morgan fingerprint density at radius 3 is 2.79 bits per heavy atom. The fourth-order valence-electron chi connectivity index (χ4n) is 3.76. The minimum atomic E-state index is -0.0468. The Balaban J connectivity index is 1.64. The van der Waals surface area contributed by atoms with Gasteiger partial charge in [0.25, 0.3) is 0 Å². The average molecular weight is 326 g/mol. The third-order valence-corrected chi connectivity index (χ3v) is 4.92. The Hall–Kier alpha value is -2.77. The van der Waals surface area contributed by atoms with Crippen molar-refractivity contribution in [3.8, 4) is 0 Å². The normalized spacial score (nSPS) is 22.2. The zero-order valence-corrected chi connectivity index (χ0v) is 13.4. The first-order chi connectivity index (χ1) is 11.6. The predicted molar refractivity (Wildman–Crippen MR) is 85.1 cm³/mol. The second-order valence-electron chi connectivity index (χ2n) is 6.36. The molecule has 3 heterocycles. The van der Waals surface area contributed by atoms with Crippen molar-refractivity contribution in [1.29, 1.82) is 0 Å². The molecule has 0 saturated carbocycles. The smallest absolute Gasteiger partial charge is 0.248 e. The van der Waals surface area contributed by atoms with Crippen molar-refractivity contribution >= 4 is 17.5 Å². The van der Waals surface area contributed by atoms with E-state index in [2.05, 4.69) is 21.6 Å². The van der Waals surface area contributed by atoms with E-state index in [1.807, 2.05) is 28.0 Å². The summed E-state index contributed by atoms with van der Waals surface area (Å²) in [6.07, 6.45) is 1.43. The van der Waals surface area contributed by atoms with Crippen LogP contribution >= 0.6 is 0 Å². The van der Waals surface area contributed by atoms with Gasteiger partial charge in [-0.25, -0.2) is 4.68 Å². The number of hydrogen-bond acceptors (Lipinski definition) is 5. The van der Waals surface area contributed by atoms with E-state index in [0.29, 0.717) is 19.0 Å². The van der Waals surface area contributed by atoms with Crippen molar-refractivity contribution in [1.82, 2.24) is 25.1 Å². The Morgan fingerprint density at radius 1 is 1.21 bits per heavy atom. The molecule has 0 spiro atoms. The van der Waals surface area contributed by atoms with Crippen molar-refractivity contribution in [3.63, 3.8) is 0 Å². The molecule has 2 amide bonds. The van der Waals surface area contributed by atoms with Gasteiger partial charge in [-0.1, -0.05) is 18.2 Å². The number of tetrazole rings is 1. The van der Waals surface area contributed by atoms with Crippen LogP contribution in [0.25, 0.3) is 0 Å². The first-order valence-corrected chi connectivity index (χ1v) is 7.99. The lowest BCUT2D eigenvalue weighted by atomic mass is 9.83. The standard InChI is InChI=1S/C16H18N6O2/c1-11(23)20-6-12-7-22(16(24)9-21-10-17-18-19-21)15-5-3-2-4-13(15)14(12)8-20/h2-5,10,12,14H,6-9H2,1H3. The average Bonchev–Trinajstić information content (AvgIpc) is 3.23. The van der Waals surface area contributed by atoms with E-state index in [1.54, 1.807) is 6.92 Å². The van der Waals surface area contributed by atoms with Crippen LogP contribution in [0.2, 0.25) is 0 Å². The van der Waals surface area contributed by atoms with Crippen molar-refractivity contribution < 1.29 is 9.59 Å². The van der Waals surface area contributed by atoms with Crippen LogP contribution in [0.4, 0.5) is 5.69 Å². The van der Waals surface area contributed by atoms with Crippen LogP contribution < -0.4 is 4.90 Å². The molecule has 2 aliphatic heterocycles. The van der Waals surface area contributed by atoms with Crippen LogP contribution in [-0.2, 0) is 16.1 Å². The van der Waals surface area contributed by atoms with Gasteiger partial charge in [0, 0.05) is 44.1 Å². The SMILES string of the molecule is CC(=O)N1CC2CN(C(=O)Cn3cnnn3)c3ccccc3C2C1. The zero-order valence-electron chi connectivity index (χ0n) is 13.4. The highest BCUT2D eigenvalue weighted by atomic mass is 16.2. The third kappa shape index (κ3) is 2.44. The summed E-state index contributed by atoms with van der Waals surface area (Å²) < 4.78 is 1.42. The second-order valence-corrected chi connectivity index (χ2v) is 6.36. The fourth-order valence-corrected chi connectivity index (χ4v) is 3.76. The first kappa shape index (κ1) is 14.8. The van der Waals surface area contributed by atoms with Gasteiger partial charge in [-0.3, -0.25) is 9.59 Å². The number of rotatable bonds is 2. The Kier molecular flexibility index (Phi) is 3.51. The van der Waals surface area contributed by atoms with E-state index in [9.17, 15) is 9.59 Å². The van der Waals surface area contributed by atoms with Gasteiger partial charge < -0.3 is 9.80 Å². The second kappa shape index (κ2) is 5.70. The number of amides is 2. The number of para-hydroxylation sites is 1. The number of benzene rings is 1. The van der Waals surface area contributed by atoms with Crippen LogP contribution in [0.3, 0.4) is 0 Å². The molecule has 1 aromatic heterocycles. The summed E-state index contributed by atoms with van der Waals surface area (Å²) in [7, 11) is 0. The van der Waals surface area contributed by atoms with Crippen LogP contribution in [0, 0.1) is 5.92 Å². The van der Waals surface area contributed by atoms with Gasteiger partial charge in [-0.15, -0.1) is 5.10 Å². The summed E-state index contributed by atoms with van der Waals surface area (Å²) in [6, 6.07) is 7.96. The van der Waals surface area contributed by atoms with E-state index in [0.717, 1.165) is 17.8 Å². The Morgan fingerprint density at radius 2 is 2.04 bits per heavy atom. The van der Waals surface area contributed by atoms with Gasteiger partial charge in [-0.2, -0.15) is 0 Å². The van der Waals surface area contributed by atoms with Crippen molar-refractivity contribution in [2.45, 2.75) is 19.4 Å². The molecule has 8 nitrogen and oxygen atoms in total. The van der Waals surface area contributed by atoms with Gasteiger partial charge >= 0.3 is 0 Å². The van der Waals surface area contributed by atoms with Crippen LogP contribution in [0.5, 0.6) is 0 Å². The predicted octanol–water partition coefficient (Wildman–Crippen LogP) is 0.282. The maximum Gasteiger partial charge on any atom is 0.248 e. The molecule has 0 radical (unpaired) electrons. The third-order valence-electron chi connectivity index (χ3n) is 4.92. The molecule has 4 rings (SSSR count). The Bertz CT molecular complexity index is 775. The summed E-state index contributed by atoms with van der Waals surface area (Å²) in [5, 5.41) is 10.9. The number of likely N-dealkylation sites (tertiary alicyclic amines) is 1. The lowest BCUT2D eigenvalue weighted by molar-refractivity contribution is -0.127. The molecule has 124 valence electrons. The maximum atomic E-state index is 12.8. The number of anilines is 1. The van der Waals surface area contributed by atoms with E-state index in [-0.39, 0.29) is 24.3 Å². The molecule has 1 saturated heterocycles. The molecule has 0 bridgehead atoms. The van der Waals surface area contributed by atoms with Gasteiger partial charge in [0.05, 0.1) is 0 Å². The molecule has 2 aromatic rings. The minimum Gasteiger partial charge on any atom is -0.342 e. The molecular formula is C16H18N6O2.